The summed E-state index contributed by atoms with van der Waals surface area (Å²) in [7, 11) is 1.74. The number of hydrogen-bond acceptors (Lipinski definition) is 4. The third-order valence-corrected chi connectivity index (χ3v) is 5.94. The van der Waals surface area contributed by atoms with Crippen LogP contribution in [-0.4, -0.2) is 35.2 Å². The van der Waals surface area contributed by atoms with E-state index in [1.54, 1.807) is 30.7 Å². The maximum absolute atomic E-state index is 13.0. The number of carbonyl (C=O) groups excluding carboxylic acids is 2. The molecule has 166 valence electrons. The molecule has 7 nitrogen and oxygen atoms in total. The molecule has 1 aliphatic rings. The van der Waals surface area contributed by atoms with E-state index in [0.29, 0.717) is 19.6 Å². The first kappa shape index (κ1) is 21.6. The van der Waals surface area contributed by atoms with Crippen molar-refractivity contribution in [3.8, 4) is 0 Å². The minimum absolute atomic E-state index is 0.174. The van der Waals surface area contributed by atoms with Crippen molar-refractivity contribution in [1.29, 1.82) is 0 Å². The second kappa shape index (κ2) is 8.49. The Hall–Kier alpha value is -3.61. The molecule has 0 saturated carbocycles. The average Bonchev–Trinajstić information content (AvgIpc) is 3.23. The van der Waals surface area contributed by atoms with Crippen LogP contribution < -0.4 is 15.1 Å². The zero-order valence-electron chi connectivity index (χ0n) is 19.0. The summed E-state index contributed by atoms with van der Waals surface area (Å²) in [5.41, 5.74) is 3.54. The molecule has 1 aliphatic heterocycles. The predicted octanol–water partition coefficient (Wildman–Crippen LogP) is 3.90. The third-order valence-electron chi connectivity index (χ3n) is 5.94. The van der Waals surface area contributed by atoms with Crippen LogP contribution in [0.5, 0.6) is 0 Å². The largest absolute Gasteiger partial charge is 0.378 e. The van der Waals surface area contributed by atoms with Gasteiger partial charge in [0.1, 0.15) is 5.41 Å². The molecule has 0 unspecified atom stereocenters. The van der Waals surface area contributed by atoms with E-state index in [1.807, 2.05) is 60.4 Å². The normalized spacial score (nSPS) is 15.5. The van der Waals surface area contributed by atoms with Crippen LogP contribution >= 0.6 is 0 Å². The highest BCUT2D eigenvalue weighted by Crippen LogP contribution is 2.38. The Kier molecular flexibility index (Phi) is 5.74. The Balaban J connectivity index is 1.52. The van der Waals surface area contributed by atoms with Gasteiger partial charge in [-0.05, 0) is 44.0 Å². The van der Waals surface area contributed by atoms with Crippen molar-refractivity contribution in [2.24, 2.45) is 5.41 Å². The Bertz CT molecular complexity index is 1140. The summed E-state index contributed by atoms with van der Waals surface area (Å²) in [6.07, 6.45) is 3.79. The van der Waals surface area contributed by atoms with Gasteiger partial charge in [0, 0.05) is 26.3 Å². The molecule has 2 heterocycles. The molecule has 3 aromatic rings. The van der Waals surface area contributed by atoms with Crippen LogP contribution in [0.3, 0.4) is 0 Å². The number of aromatic nitrogens is 2. The summed E-state index contributed by atoms with van der Waals surface area (Å²) in [5, 5.41) is 7.83. The molecule has 2 aromatic carbocycles. The highest BCUT2D eigenvalue weighted by molar-refractivity contribution is 6.19. The van der Waals surface area contributed by atoms with Gasteiger partial charge in [-0.1, -0.05) is 36.4 Å². The summed E-state index contributed by atoms with van der Waals surface area (Å²) < 4.78 is 1.90. The molecule has 0 spiro atoms. The standard InChI is InChI=1S/C25H29N5O2/c1-5-30-21-12-11-19(13-22(21)28(4)23(31)25(2,3)24(30)32)14-26-20-15-27-29(17-20)16-18-9-7-6-8-10-18/h6-13,15,17,26H,5,14,16H2,1-4H3. The first-order chi connectivity index (χ1) is 15.3. The molecule has 0 fully saturated rings. The monoisotopic (exact) mass is 431 g/mol. The predicted molar refractivity (Wildman–Crippen MR) is 127 cm³/mol. The second-order valence-corrected chi connectivity index (χ2v) is 8.63. The molecule has 7 heteroatoms. The van der Waals surface area contributed by atoms with Gasteiger partial charge in [0.15, 0.2) is 0 Å². The fraction of sp³-hybridized carbons (Fsp3) is 0.320. The van der Waals surface area contributed by atoms with Crippen molar-refractivity contribution in [3.63, 3.8) is 0 Å². The van der Waals surface area contributed by atoms with Crippen molar-refractivity contribution in [1.82, 2.24) is 9.78 Å². The van der Waals surface area contributed by atoms with E-state index < -0.39 is 5.41 Å². The van der Waals surface area contributed by atoms with Crippen molar-refractivity contribution >= 4 is 28.9 Å². The van der Waals surface area contributed by atoms with E-state index in [2.05, 4.69) is 22.5 Å². The lowest BCUT2D eigenvalue weighted by molar-refractivity contribution is -0.137. The molecule has 1 N–H and O–H groups in total. The molecule has 32 heavy (non-hydrogen) atoms. The van der Waals surface area contributed by atoms with Crippen LogP contribution in [0.2, 0.25) is 0 Å². The number of carbonyl (C=O) groups is 2. The van der Waals surface area contributed by atoms with Gasteiger partial charge in [-0.2, -0.15) is 5.10 Å². The van der Waals surface area contributed by atoms with E-state index in [-0.39, 0.29) is 11.8 Å². The van der Waals surface area contributed by atoms with Crippen LogP contribution in [0.15, 0.2) is 60.9 Å². The van der Waals surface area contributed by atoms with E-state index in [0.717, 1.165) is 22.6 Å². The fourth-order valence-electron chi connectivity index (χ4n) is 4.07. The van der Waals surface area contributed by atoms with Crippen molar-refractivity contribution < 1.29 is 9.59 Å². The zero-order valence-corrected chi connectivity index (χ0v) is 19.0. The Morgan fingerprint density at radius 2 is 1.72 bits per heavy atom. The molecule has 0 bridgehead atoms. The summed E-state index contributed by atoms with van der Waals surface area (Å²) in [4.78, 5) is 29.3. The summed E-state index contributed by atoms with van der Waals surface area (Å²) in [6.45, 7) is 7.11. The van der Waals surface area contributed by atoms with Gasteiger partial charge in [0.2, 0.25) is 11.8 Å². The molecule has 1 aromatic heterocycles. The zero-order chi connectivity index (χ0) is 22.9. The first-order valence-corrected chi connectivity index (χ1v) is 10.8. The maximum atomic E-state index is 13.0. The first-order valence-electron chi connectivity index (χ1n) is 10.8. The van der Waals surface area contributed by atoms with Crippen molar-refractivity contribution in [2.75, 3.05) is 28.7 Å². The quantitative estimate of drug-likeness (QED) is 0.601. The lowest BCUT2D eigenvalue weighted by atomic mass is 9.90. The Morgan fingerprint density at radius 1 is 0.969 bits per heavy atom. The number of amides is 2. The number of anilines is 3. The summed E-state index contributed by atoms with van der Waals surface area (Å²) in [5.74, 6) is -0.376. The number of fused-ring (bicyclic) bond motifs is 1. The topological polar surface area (TPSA) is 70.5 Å². The van der Waals surface area contributed by atoms with Crippen LogP contribution in [0.4, 0.5) is 17.1 Å². The minimum Gasteiger partial charge on any atom is -0.378 e. The molecule has 0 saturated heterocycles. The number of rotatable bonds is 6. The van der Waals surface area contributed by atoms with Crippen molar-refractivity contribution in [2.45, 2.75) is 33.9 Å². The minimum atomic E-state index is -1.10. The van der Waals surface area contributed by atoms with E-state index in [1.165, 1.54) is 5.56 Å². The van der Waals surface area contributed by atoms with Gasteiger partial charge in [0.05, 0.1) is 29.8 Å². The van der Waals surface area contributed by atoms with Gasteiger partial charge in [-0.3, -0.25) is 14.3 Å². The number of nitrogens with one attached hydrogen (secondary N) is 1. The number of hydrogen-bond donors (Lipinski definition) is 1. The van der Waals surface area contributed by atoms with Gasteiger partial charge in [0.25, 0.3) is 0 Å². The van der Waals surface area contributed by atoms with E-state index in [9.17, 15) is 9.59 Å². The summed E-state index contributed by atoms with van der Waals surface area (Å²) in [6, 6.07) is 16.1. The lowest BCUT2D eigenvalue weighted by Crippen LogP contribution is -2.47. The van der Waals surface area contributed by atoms with Crippen molar-refractivity contribution in [3.05, 3.63) is 72.1 Å². The molecular formula is C25H29N5O2. The van der Waals surface area contributed by atoms with Gasteiger partial charge >= 0.3 is 0 Å². The average molecular weight is 432 g/mol. The highest BCUT2D eigenvalue weighted by Gasteiger charge is 2.45. The molecule has 0 aliphatic carbocycles. The van der Waals surface area contributed by atoms with Gasteiger partial charge in [-0.25, -0.2) is 0 Å². The van der Waals surface area contributed by atoms with Crippen LogP contribution in [-0.2, 0) is 22.7 Å². The van der Waals surface area contributed by atoms with Crippen LogP contribution in [0, 0.1) is 5.41 Å². The van der Waals surface area contributed by atoms with Gasteiger partial charge < -0.3 is 15.1 Å². The van der Waals surface area contributed by atoms with Gasteiger partial charge in [-0.15, -0.1) is 0 Å². The van der Waals surface area contributed by atoms with E-state index >= 15 is 0 Å². The molecule has 2 amide bonds. The van der Waals surface area contributed by atoms with Crippen LogP contribution in [0.25, 0.3) is 0 Å². The molecule has 0 atom stereocenters. The third kappa shape index (κ3) is 3.98. The summed E-state index contributed by atoms with van der Waals surface area (Å²) >= 11 is 0. The second-order valence-electron chi connectivity index (χ2n) is 8.63. The molecule has 4 rings (SSSR count). The number of nitrogens with zero attached hydrogens (tertiary/aromatic N) is 4. The SMILES string of the molecule is CCN1C(=O)C(C)(C)C(=O)N(C)c2cc(CNc3cnn(Cc4ccccc4)c3)ccc21. The highest BCUT2D eigenvalue weighted by atomic mass is 16.2. The lowest BCUT2D eigenvalue weighted by Gasteiger charge is -2.27. The van der Waals surface area contributed by atoms with E-state index in [4.69, 9.17) is 0 Å². The Labute approximate surface area is 188 Å². The maximum Gasteiger partial charge on any atom is 0.242 e. The Morgan fingerprint density at radius 3 is 2.44 bits per heavy atom. The molecular weight excluding hydrogens is 402 g/mol. The number of benzene rings is 2. The smallest absolute Gasteiger partial charge is 0.242 e. The fourth-order valence-corrected chi connectivity index (χ4v) is 4.07. The molecule has 0 radical (unpaired) electrons. The van der Waals surface area contributed by atoms with Crippen LogP contribution in [0.1, 0.15) is 31.9 Å².